The Balaban J connectivity index is 2.08. The van der Waals surface area contributed by atoms with Crippen LogP contribution in [0.1, 0.15) is 19.3 Å². The second kappa shape index (κ2) is 8.17. The maximum atomic E-state index is 12.6. The van der Waals surface area contributed by atoms with E-state index < -0.39 is 24.0 Å². The van der Waals surface area contributed by atoms with E-state index in [-0.39, 0.29) is 24.3 Å². The number of fused-ring (bicyclic) bond motifs is 1. The first-order valence-electron chi connectivity index (χ1n) is 9.26. The van der Waals surface area contributed by atoms with Crippen LogP contribution in [0.2, 0.25) is 0 Å². The largest absolute Gasteiger partial charge is 0.497 e. The fraction of sp³-hybridized carbons (Fsp3) is 0.600. The van der Waals surface area contributed by atoms with E-state index in [4.69, 9.17) is 14.2 Å². The van der Waals surface area contributed by atoms with Crippen LogP contribution in [-0.2, 0) is 19.1 Å². The number of benzene rings is 1. The third-order valence-corrected chi connectivity index (χ3v) is 5.96. The molecule has 7 heteroatoms. The van der Waals surface area contributed by atoms with Crippen LogP contribution in [0.25, 0.3) is 0 Å². The van der Waals surface area contributed by atoms with Crippen LogP contribution >= 0.6 is 0 Å². The summed E-state index contributed by atoms with van der Waals surface area (Å²) in [6, 6.07) is 6.35. The summed E-state index contributed by atoms with van der Waals surface area (Å²) in [5.74, 6) is -0.773. The number of aliphatic hydroxyl groups is 1. The van der Waals surface area contributed by atoms with Crippen molar-refractivity contribution < 1.29 is 28.9 Å². The topological polar surface area (TPSA) is 85.3 Å². The molecule has 1 aliphatic carbocycles. The first kappa shape index (κ1) is 19.5. The number of anilines is 1. The zero-order valence-corrected chi connectivity index (χ0v) is 16.0. The molecule has 1 saturated heterocycles. The van der Waals surface area contributed by atoms with Gasteiger partial charge in [-0.25, -0.2) is 4.79 Å². The van der Waals surface area contributed by atoms with Gasteiger partial charge in [0.05, 0.1) is 33.4 Å². The predicted molar refractivity (Wildman–Crippen MR) is 98.5 cm³/mol. The van der Waals surface area contributed by atoms with Gasteiger partial charge in [0.1, 0.15) is 5.75 Å². The zero-order chi connectivity index (χ0) is 19.6. The Morgan fingerprint density at radius 1 is 1.07 bits per heavy atom. The zero-order valence-electron chi connectivity index (χ0n) is 16.0. The highest BCUT2D eigenvalue weighted by Crippen LogP contribution is 2.45. The highest BCUT2D eigenvalue weighted by Gasteiger charge is 2.51. The predicted octanol–water partition coefficient (Wildman–Crippen LogP) is 1.62. The van der Waals surface area contributed by atoms with Gasteiger partial charge in [-0.05, 0) is 36.8 Å². The van der Waals surface area contributed by atoms with Gasteiger partial charge in [-0.15, -0.1) is 0 Å². The summed E-state index contributed by atoms with van der Waals surface area (Å²) in [4.78, 5) is 26.9. The molecule has 0 amide bonds. The lowest BCUT2D eigenvalue weighted by Gasteiger charge is -2.34. The van der Waals surface area contributed by atoms with E-state index in [1.54, 1.807) is 24.1 Å². The lowest BCUT2D eigenvalue weighted by Crippen LogP contribution is -2.51. The molecule has 148 valence electrons. The molecule has 1 aliphatic heterocycles. The average molecular weight is 377 g/mol. The van der Waals surface area contributed by atoms with E-state index in [1.165, 1.54) is 14.2 Å². The number of carbonyl (C=O) groups is 2. The number of esters is 2. The van der Waals surface area contributed by atoms with Crippen LogP contribution in [-0.4, -0.2) is 57.1 Å². The molecule has 2 fully saturated rings. The molecule has 0 bridgehead atoms. The number of nitrogens with zero attached hydrogens (tertiary/aromatic N) is 1. The molecule has 3 rings (SSSR count). The fourth-order valence-corrected chi connectivity index (χ4v) is 4.66. The molecule has 0 unspecified atom stereocenters. The van der Waals surface area contributed by atoms with E-state index in [2.05, 4.69) is 0 Å². The third kappa shape index (κ3) is 3.60. The van der Waals surface area contributed by atoms with Crippen molar-refractivity contribution in [3.8, 4) is 5.75 Å². The molecule has 7 nitrogen and oxygen atoms in total. The quantitative estimate of drug-likeness (QED) is 0.798. The van der Waals surface area contributed by atoms with Crippen molar-refractivity contribution in [2.24, 2.45) is 17.8 Å². The summed E-state index contributed by atoms with van der Waals surface area (Å²) < 4.78 is 15.4. The van der Waals surface area contributed by atoms with Gasteiger partial charge in [-0.2, -0.15) is 0 Å². The first-order chi connectivity index (χ1) is 13.0. The average Bonchev–Trinajstić information content (AvgIpc) is 3.15. The second-order valence-corrected chi connectivity index (χ2v) is 7.20. The van der Waals surface area contributed by atoms with E-state index >= 15 is 0 Å². The number of hydrogen-bond acceptors (Lipinski definition) is 7. The Kier molecular flexibility index (Phi) is 5.89. The number of methoxy groups -OCH3 is 3. The summed E-state index contributed by atoms with van der Waals surface area (Å²) in [6.07, 6.45) is 1.61. The van der Waals surface area contributed by atoms with Gasteiger partial charge < -0.3 is 24.2 Å². The highest BCUT2D eigenvalue weighted by atomic mass is 16.5. The summed E-state index contributed by atoms with van der Waals surface area (Å²) in [6.45, 7) is 0.276. The number of rotatable bonds is 4. The second-order valence-electron chi connectivity index (χ2n) is 7.20. The molecule has 2 aliphatic rings. The smallest absolute Gasteiger partial charge is 0.331 e. The van der Waals surface area contributed by atoms with Crippen molar-refractivity contribution in [1.29, 1.82) is 0 Å². The molecular formula is C20H27NO6. The third-order valence-electron chi connectivity index (χ3n) is 5.96. The van der Waals surface area contributed by atoms with Crippen LogP contribution in [0.4, 0.5) is 5.69 Å². The van der Waals surface area contributed by atoms with Gasteiger partial charge in [-0.3, -0.25) is 4.79 Å². The molecule has 1 N–H and O–H groups in total. The molecule has 1 aromatic rings. The van der Waals surface area contributed by atoms with Gasteiger partial charge in [0.2, 0.25) is 0 Å². The molecule has 5 atom stereocenters. The van der Waals surface area contributed by atoms with Crippen molar-refractivity contribution in [2.75, 3.05) is 32.8 Å². The fourth-order valence-electron chi connectivity index (χ4n) is 4.66. The minimum absolute atomic E-state index is 0.0183. The maximum absolute atomic E-state index is 12.6. The molecule has 27 heavy (non-hydrogen) atoms. The van der Waals surface area contributed by atoms with Crippen molar-refractivity contribution in [2.45, 2.75) is 31.4 Å². The standard InChI is InChI=1S/C20H27NO6/c1-25-13-7-4-6-12(10-13)21-11-16(19(23)26-2)14-8-5-9-15(14)18(22)17(21)20(24)27-3/h4,6-7,10,14-18,22H,5,8-9,11H2,1-3H3/t14-,15-,16-,17+,18+/m1/s1. The minimum Gasteiger partial charge on any atom is -0.497 e. The normalized spacial score (nSPS) is 30.2. The molecular weight excluding hydrogens is 350 g/mol. The molecule has 1 saturated carbocycles. The lowest BCUT2D eigenvalue weighted by molar-refractivity contribution is -0.147. The van der Waals surface area contributed by atoms with Crippen molar-refractivity contribution >= 4 is 17.6 Å². The SMILES string of the molecule is COC(=O)[C@@H]1[C@@H](O)[C@@H]2CCC[C@H]2[C@H](C(=O)OC)CN1c1cccc(OC)c1. The Morgan fingerprint density at radius 2 is 1.78 bits per heavy atom. The van der Waals surface area contributed by atoms with Gasteiger partial charge in [0, 0.05) is 18.3 Å². The number of aliphatic hydroxyl groups excluding tert-OH is 1. The number of carbonyl (C=O) groups excluding carboxylic acids is 2. The monoisotopic (exact) mass is 377 g/mol. The Labute approximate surface area is 159 Å². The summed E-state index contributed by atoms with van der Waals surface area (Å²) in [7, 11) is 4.25. The van der Waals surface area contributed by atoms with E-state index in [0.29, 0.717) is 11.4 Å². The van der Waals surface area contributed by atoms with Crippen LogP contribution in [0.15, 0.2) is 24.3 Å². The van der Waals surface area contributed by atoms with Crippen LogP contribution in [0.5, 0.6) is 5.75 Å². The van der Waals surface area contributed by atoms with Crippen LogP contribution in [0.3, 0.4) is 0 Å². The molecule has 1 aromatic carbocycles. The van der Waals surface area contributed by atoms with Gasteiger partial charge >= 0.3 is 11.9 Å². The highest BCUT2D eigenvalue weighted by molar-refractivity contribution is 5.82. The molecule has 0 spiro atoms. The summed E-state index contributed by atoms with van der Waals surface area (Å²) in [5.41, 5.74) is 0.692. The molecule has 0 aromatic heterocycles. The Morgan fingerprint density at radius 3 is 2.44 bits per heavy atom. The Hall–Kier alpha value is -2.28. The van der Waals surface area contributed by atoms with E-state index in [0.717, 1.165) is 19.3 Å². The first-order valence-corrected chi connectivity index (χ1v) is 9.26. The van der Waals surface area contributed by atoms with Crippen molar-refractivity contribution in [3.63, 3.8) is 0 Å². The van der Waals surface area contributed by atoms with Gasteiger partial charge in [-0.1, -0.05) is 12.5 Å². The minimum atomic E-state index is -0.925. The van der Waals surface area contributed by atoms with Crippen LogP contribution < -0.4 is 9.64 Å². The maximum Gasteiger partial charge on any atom is 0.331 e. The lowest BCUT2D eigenvalue weighted by atomic mass is 9.81. The van der Waals surface area contributed by atoms with Gasteiger partial charge in [0.15, 0.2) is 6.04 Å². The molecule has 0 radical (unpaired) electrons. The number of hydrogen-bond donors (Lipinski definition) is 1. The van der Waals surface area contributed by atoms with Crippen molar-refractivity contribution in [3.05, 3.63) is 24.3 Å². The van der Waals surface area contributed by atoms with Crippen molar-refractivity contribution in [1.82, 2.24) is 0 Å². The van der Waals surface area contributed by atoms with E-state index in [1.807, 2.05) is 12.1 Å². The van der Waals surface area contributed by atoms with Gasteiger partial charge in [0.25, 0.3) is 0 Å². The van der Waals surface area contributed by atoms with Crippen LogP contribution in [0, 0.1) is 17.8 Å². The Bertz CT molecular complexity index is 693. The summed E-state index contributed by atoms with van der Waals surface area (Å²) >= 11 is 0. The number of ether oxygens (including phenoxy) is 3. The summed E-state index contributed by atoms with van der Waals surface area (Å²) in [5, 5.41) is 11.1. The van der Waals surface area contributed by atoms with E-state index in [9.17, 15) is 14.7 Å². The molecule has 1 heterocycles.